The zero-order valence-corrected chi connectivity index (χ0v) is 9.53. The molecule has 0 spiro atoms. The Kier molecular flexibility index (Phi) is 10.1. The Morgan fingerprint density at radius 1 is 0.909 bits per heavy atom. The lowest BCUT2D eigenvalue weighted by atomic mass is 10.1. The predicted molar refractivity (Wildman–Crippen MR) is 53.8 cm³/mol. The Morgan fingerprint density at radius 2 is 1.45 bits per heavy atom. The molecule has 0 aliphatic heterocycles. The van der Waals surface area contributed by atoms with Gasteiger partial charge in [-0.3, -0.25) is 0 Å². The largest absolute Gasteiger partial charge is 0.118 e. The van der Waals surface area contributed by atoms with E-state index in [1.54, 1.807) is 0 Å². The summed E-state index contributed by atoms with van der Waals surface area (Å²) in [4.78, 5) is -0.156. The van der Waals surface area contributed by atoms with Crippen molar-refractivity contribution in [2.24, 2.45) is 0 Å². The summed E-state index contributed by atoms with van der Waals surface area (Å²) in [5, 5.41) is 1.23. The SMILES string of the molecule is [Al][CH2]CCCCCCC(Cl)Cl. The monoisotopic (exact) mass is 208 g/mol. The molecule has 0 rings (SSSR count). The van der Waals surface area contributed by atoms with Gasteiger partial charge in [-0.05, 0) is 6.42 Å². The minimum Gasteiger partial charge on any atom is -0.118 e. The second-order valence-electron chi connectivity index (χ2n) is 2.74. The summed E-state index contributed by atoms with van der Waals surface area (Å²) >= 11 is 13.9. The zero-order valence-electron chi connectivity index (χ0n) is 6.86. The van der Waals surface area contributed by atoms with E-state index in [-0.39, 0.29) is 4.84 Å². The van der Waals surface area contributed by atoms with Crippen molar-refractivity contribution in [3.05, 3.63) is 0 Å². The molecule has 0 unspecified atom stereocenters. The summed E-state index contributed by atoms with van der Waals surface area (Å²) in [6, 6.07) is 0. The molecule has 0 aromatic carbocycles. The Hall–Kier alpha value is 1.11. The van der Waals surface area contributed by atoms with Gasteiger partial charge in [0.15, 0.2) is 0 Å². The number of hydrogen-bond acceptors (Lipinski definition) is 0. The van der Waals surface area contributed by atoms with Crippen LogP contribution in [0, 0.1) is 0 Å². The average molecular weight is 209 g/mol. The van der Waals surface area contributed by atoms with E-state index in [1.165, 1.54) is 37.4 Å². The van der Waals surface area contributed by atoms with Crippen LogP contribution in [-0.2, 0) is 0 Å². The number of alkyl halides is 2. The fraction of sp³-hybridized carbons (Fsp3) is 1.00. The number of halogens is 2. The van der Waals surface area contributed by atoms with Gasteiger partial charge >= 0.3 is 0 Å². The van der Waals surface area contributed by atoms with Crippen molar-refractivity contribution in [1.29, 1.82) is 0 Å². The third kappa shape index (κ3) is 11.1. The van der Waals surface area contributed by atoms with Gasteiger partial charge in [-0.2, -0.15) is 0 Å². The topological polar surface area (TPSA) is 0 Å². The maximum Gasteiger partial charge on any atom is 0.118 e. The van der Waals surface area contributed by atoms with Crippen LogP contribution in [0.5, 0.6) is 0 Å². The highest BCUT2D eigenvalue weighted by molar-refractivity contribution is 6.44. The van der Waals surface area contributed by atoms with E-state index in [0.29, 0.717) is 0 Å². The minimum absolute atomic E-state index is 0.156. The van der Waals surface area contributed by atoms with Crippen molar-refractivity contribution >= 4 is 39.5 Å². The summed E-state index contributed by atoms with van der Waals surface area (Å²) in [5.74, 6) is 0. The van der Waals surface area contributed by atoms with E-state index in [9.17, 15) is 0 Å². The fourth-order valence-electron chi connectivity index (χ4n) is 0.973. The van der Waals surface area contributed by atoms with E-state index < -0.39 is 0 Å². The van der Waals surface area contributed by atoms with Crippen LogP contribution < -0.4 is 0 Å². The van der Waals surface area contributed by atoms with Gasteiger partial charge in [-0.1, -0.05) is 32.1 Å². The predicted octanol–water partition coefficient (Wildman–Crippen LogP) is 3.72. The highest BCUT2D eigenvalue weighted by atomic mass is 35.5. The van der Waals surface area contributed by atoms with Gasteiger partial charge in [0.25, 0.3) is 0 Å². The molecule has 0 aromatic rings. The molecule has 0 amide bonds. The zero-order chi connectivity index (χ0) is 8.53. The molecule has 0 aromatic heterocycles. The van der Waals surface area contributed by atoms with E-state index in [2.05, 4.69) is 16.3 Å². The first kappa shape index (κ1) is 12.1. The first-order valence-corrected chi connectivity index (χ1v) is 5.94. The third-order valence-electron chi connectivity index (χ3n) is 1.63. The molecule has 0 saturated carbocycles. The van der Waals surface area contributed by atoms with E-state index in [4.69, 9.17) is 23.2 Å². The highest BCUT2D eigenvalue weighted by Crippen LogP contribution is 2.13. The van der Waals surface area contributed by atoms with E-state index in [0.717, 1.165) is 6.42 Å². The molecule has 0 saturated heterocycles. The Morgan fingerprint density at radius 3 is 2.00 bits per heavy atom. The lowest BCUT2D eigenvalue weighted by Crippen LogP contribution is -1.86. The third-order valence-corrected chi connectivity index (χ3v) is 2.47. The lowest BCUT2D eigenvalue weighted by Gasteiger charge is -2.00. The van der Waals surface area contributed by atoms with Crippen molar-refractivity contribution in [2.45, 2.75) is 48.6 Å². The van der Waals surface area contributed by atoms with Gasteiger partial charge in [-0.25, -0.2) is 0 Å². The average Bonchev–Trinajstić information content (AvgIpc) is 1.96. The molecular weight excluding hydrogens is 194 g/mol. The van der Waals surface area contributed by atoms with Crippen LogP contribution in [0.2, 0.25) is 5.28 Å². The van der Waals surface area contributed by atoms with Crippen LogP contribution in [-0.4, -0.2) is 21.1 Å². The smallest absolute Gasteiger partial charge is 0.118 e. The van der Waals surface area contributed by atoms with Crippen molar-refractivity contribution in [2.75, 3.05) is 0 Å². The molecule has 0 nitrogen and oxygen atoms in total. The quantitative estimate of drug-likeness (QED) is 0.340. The van der Waals surface area contributed by atoms with E-state index >= 15 is 0 Å². The van der Waals surface area contributed by atoms with Crippen LogP contribution in [0.4, 0.5) is 0 Å². The van der Waals surface area contributed by atoms with Crippen LogP contribution >= 0.6 is 23.2 Å². The van der Waals surface area contributed by atoms with Gasteiger partial charge < -0.3 is 0 Å². The molecule has 3 heteroatoms. The number of unbranched alkanes of at least 4 members (excludes halogenated alkanes) is 4. The summed E-state index contributed by atoms with van der Waals surface area (Å²) in [7, 11) is 0. The van der Waals surface area contributed by atoms with Crippen molar-refractivity contribution in [3.8, 4) is 0 Å². The molecule has 0 atom stereocenters. The van der Waals surface area contributed by atoms with E-state index in [1.807, 2.05) is 0 Å². The molecule has 0 aliphatic carbocycles. The first-order valence-electron chi connectivity index (χ1n) is 4.25. The molecule has 64 valence electrons. The van der Waals surface area contributed by atoms with Gasteiger partial charge in [0.1, 0.15) is 21.1 Å². The Labute approximate surface area is 88.1 Å². The molecule has 0 heterocycles. The van der Waals surface area contributed by atoms with Gasteiger partial charge in [0.2, 0.25) is 0 Å². The van der Waals surface area contributed by atoms with Crippen molar-refractivity contribution in [1.82, 2.24) is 0 Å². The molecule has 2 radical (unpaired) electrons. The van der Waals surface area contributed by atoms with Crippen LogP contribution in [0.3, 0.4) is 0 Å². The Bertz CT molecular complexity index is 76.5. The van der Waals surface area contributed by atoms with Crippen LogP contribution in [0.25, 0.3) is 0 Å². The number of hydrogen-bond donors (Lipinski definition) is 0. The second kappa shape index (κ2) is 9.20. The fourth-order valence-corrected chi connectivity index (χ4v) is 1.57. The standard InChI is InChI=1S/C8H15Cl2.Al/c1-2-3-4-5-6-7-8(9)10;/h8H,1-7H2;. The molecule has 0 N–H and O–H groups in total. The number of rotatable bonds is 7. The van der Waals surface area contributed by atoms with Crippen LogP contribution in [0.15, 0.2) is 0 Å². The molecule has 0 bridgehead atoms. The van der Waals surface area contributed by atoms with Crippen molar-refractivity contribution in [3.63, 3.8) is 0 Å². The van der Waals surface area contributed by atoms with Gasteiger partial charge in [-0.15, -0.1) is 28.5 Å². The first-order chi connectivity index (χ1) is 5.27. The maximum absolute atomic E-state index is 5.58. The molecule has 11 heavy (non-hydrogen) atoms. The Balaban J connectivity index is 2.80. The van der Waals surface area contributed by atoms with Crippen molar-refractivity contribution < 1.29 is 0 Å². The second-order valence-corrected chi connectivity index (χ2v) is 4.59. The van der Waals surface area contributed by atoms with Crippen LogP contribution in [0.1, 0.15) is 38.5 Å². The molecular formula is C8H15AlCl2. The summed E-state index contributed by atoms with van der Waals surface area (Å²) in [6.07, 6.45) is 7.41. The molecule has 0 fully saturated rings. The highest BCUT2D eigenvalue weighted by Gasteiger charge is 1.96. The summed E-state index contributed by atoms with van der Waals surface area (Å²) in [5.41, 5.74) is 0. The minimum atomic E-state index is -0.156. The summed E-state index contributed by atoms with van der Waals surface area (Å²) in [6.45, 7) is 0. The summed E-state index contributed by atoms with van der Waals surface area (Å²) < 4.78 is 0. The normalized spacial score (nSPS) is 10.8. The van der Waals surface area contributed by atoms with Gasteiger partial charge in [0, 0.05) is 0 Å². The molecule has 0 aliphatic rings. The van der Waals surface area contributed by atoms with Gasteiger partial charge in [0.05, 0.1) is 0 Å². The maximum atomic E-state index is 5.58. The lowest BCUT2D eigenvalue weighted by molar-refractivity contribution is 0.620.